The molecule has 2 aliphatic rings. The van der Waals surface area contributed by atoms with Gasteiger partial charge in [-0.2, -0.15) is 26.3 Å². The number of nitrogens with one attached hydrogen (secondary N) is 1. The molecule has 0 spiro atoms. The molecule has 2 aliphatic heterocycles. The molecule has 4 rings (SSSR count). The summed E-state index contributed by atoms with van der Waals surface area (Å²) in [6.45, 7) is 9.19. The summed E-state index contributed by atoms with van der Waals surface area (Å²) in [5.74, 6) is -0.837. The standard InChI is InChI=1S/C28H34F6N4O2.2ClH/c1-19-3-4-21(13-20(19)2)14-25-18-36(6-5-35-37-9-11-40-12-10-37)7-8-38(25)26(39)22-15-23(27(29,30)31)17-24(16-22)28(32,33)34;;/h3-4,13,15-17,25,35H,5-12,14,18H2,1-2H3;2*1H/t25-;;/m1../s1. The number of morpholine rings is 1. The van der Waals surface area contributed by atoms with Crippen LogP contribution in [0.25, 0.3) is 0 Å². The van der Waals surface area contributed by atoms with E-state index in [1.807, 2.05) is 32.0 Å². The van der Waals surface area contributed by atoms with Crippen molar-refractivity contribution in [2.24, 2.45) is 0 Å². The number of hydrazine groups is 1. The van der Waals surface area contributed by atoms with Crippen LogP contribution in [0.15, 0.2) is 36.4 Å². The Bertz CT molecular complexity index is 1160. The van der Waals surface area contributed by atoms with Gasteiger partial charge in [-0.3, -0.25) is 15.1 Å². The fourth-order valence-corrected chi connectivity index (χ4v) is 5.10. The number of benzene rings is 2. The average molecular weight is 646 g/mol. The van der Waals surface area contributed by atoms with E-state index < -0.39 is 41.0 Å². The van der Waals surface area contributed by atoms with Gasteiger partial charge in [-0.1, -0.05) is 18.2 Å². The van der Waals surface area contributed by atoms with Crippen molar-refractivity contribution in [1.29, 1.82) is 0 Å². The Morgan fingerprint density at radius 2 is 1.50 bits per heavy atom. The van der Waals surface area contributed by atoms with Gasteiger partial charge in [-0.15, -0.1) is 24.8 Å². The van der Waals surface area contributed by atoms with Gasteiger partial charge in [-0.05, 0) is 55.2 Å². The quantitative estimate of drug-likeness (QED) is 0.410. The summed E-state index contributed by atoms with van der Waals surface area (Å²) in [5.41, 5.74) is 2.86. The zero-order valence-electron chi connectivity index (χ0n) is 23.4. The van der Waals surface area contributed by atoms with E-state index in [2.05, 4.69) is 15.3 Å². The van der Waals surface area contributed by atoms with Gasteiger partial charge < -0.3 is 9.64 Å². The largest absolute Gasteiger partial charge is 0.416 e. The molecule has 1 N–H and O–H groups in total. The Balaban J connectivity index is 0.00000308. The van der Waals surface area contributed by atoms with E-state index >= 15 is 0 Å². The number of nitrogens with zero attached hydrogens (tertiary/aromatic N) is 3. The lowest BCUT2D eigenvalue weighted by atomic mass is 9.97. The zero-order chi connectivity index (χ0) is 29.1. The number of ether oxygens (including phenoxy) is 1. The highest BCUT2D eigenvalue weighted by atomic mass is 35.5. The van der Waals surface area contributed by atoms with Gasteiger partial charge >= 0.3 is 12.4 Å². The lowest BCUT2D eigenvalue weighted by Gasteiger charge is -2.42. The molecule has 0 saturated carbocycles. The van der Waals surface area contributed by atoms with E-state index in [0.29, 0.717) is 57.9 Å². The number of hydrogen-bond acceptors (Lipinski definition) is 5. The first-order valence-corrected chi connectivity index (χ1v) is 13.3. The maximum Gasteiger partial charge on any atom is 0.416 e. The summed E-state index contributed by atoms with van der Waals surface area (Å²) in [6.07, 6.45) is -9.63. The molecule has 2 aromatic carbocycles. The minimum Gasteiger partial charge on any atom is -0.379 e. The van der Waals surface area contributed by atoms with E-state index in [1.165, 1.54) is 4.90 Å². The molecular formula is C28H36Cl2F6N4O2. The van der Waals surface area contributed by atoms with Crippen LogP contribution in [0.3, 0.4) is 0 Å². The minimum atomic E-state index is -5.03. The molecule has 6 nitrogen and oxygen atoms in total. The predicted molar refractivity (Wildman–Crippen MR) is 152 cm³/mol. The molecule has 1 amide bonds. The molecular weight excluding hydrogens is 609 g/mol. The topological polar surface area (TPSA) is 48.0 Å². The molecule has 0 aromatic heterocycles. The molecule has 0 radical (unpaired) electrons. The highest BCUT2D eigenvalue weighted by Gasteiger charge is 2.39. The number of amides is 1. The third-order valence-corrected chi connectivity index (χ3v) is 7.48. The molecule has 2 fully saturated rings. The lowest BCUT2D eigenvalue weighted by molar-refractivity contribution is -0.143. The fourth-order valence-electron chi connectivity index (χ4n) is 5.10. The first kappa shape index (κ1) is 36.1. The fraction of sp³-hybridized carbons (Fsp3) is 0.536. The summed E-state index contributed by atoms with van der Waals surface area (Å²) in [5, 5.41) is 2.09. The molecule has 2 saturated heterocycles. The molecule has 236 valence electrons. The number of rotatable bonds is 7. The van der Waals surface area contributed by atoms with Crippen LogP contribution in [0.4, 0.5) is 26.3 Å². The maximum atomic E-state index is 13.5. The first-order chi connectivity index (χ1) is 18.8. The summed E-state index contributed by atoms with van der Waals surface area (Å²) in [6, 6.07) is 6.55. The van der Waals surface area contributed by atoms with Gasteiger partial charge in [-0.25, -0.2) is 5.01 Å². The molecule has 0 aliphatic carbocycles. The minimum absolute atomic E-state index is 0. The molecule has 14 heteroatoms. The van der Waals surface area contributed by atoms with E-state index in [1.54, 1.807) is 0 Å². The first-order valence-electron chi connectivity index (χ1n) is 13.3. The summed E-state index contributed by atoms with van der Waals surface area (Å²) >= 11 is 0. The summed E-state index contributed by atoms with van der Waals surface area (Å²) in [4.78, 5) is 17.1. The monoisotopic (exact) mass is 644 g/mol. The summed E-state index contributed by atoms with van der Waals surface area (Å²) in [7, 11) is 0. The van der Waals surface area contributed by atoms with Crippen LogP contribution in [0.1, 0.15) is 38.2 Å². The average Bonchev–Trinajstić information content (AvgIpc) is 2.90. The lowest BCUT2D eigenvalue weighted by Crippen LogP contribution is -2.57. The SMILES string of the molecule is Cc1ccc(C[C@@H]2CN(CCNN3CCOCC3)CCN2C(=O)c2cc(C(F)(F)F)cc(C(F)(F)F)c2)cc1C.Cl.Cl. The number of carbonyl (C=O) groups is 1. The highest BCUT2D eigenvalue weighted by molar-refractivity contribution is 5.95. The van der Waals surface area contributed by atoms with Crippen molar-refractivity contribution in [3.05, 3.63) is 69.8 Å². The third-order valence-electron chi connectivity index (χ3n) is 7.48. The third kappa shape index (κ3) is 9.45. The van der Waals surface area contributed by atoms with Crippen LogP contribution in [0.2, 0.25) is 0 Å². The Hall–Kier alpha value is -2.09. The number of alkyl halides is 6. The number of hydrogen-bond donors (Lipinski definition) is 1. The van der Waals surface area contributed by atoms with E-state index in [9.17, 15) is 31.1 Å². The van der Waals surface area contributed by atoms with Crippen LogP contribution >= 0.6 is 24.8 Å². The van der Waals surface area contributed by atoms with Crippen molar-refractivity contribution >= 4 is 30.7 Å². The van der Waals surface area contributed by atoms with Crippen LogP contribution in [-0.2, 0) is 23.5 Å². The van der Waals surface area contributed by atoms with E-state index in [0.717, 1.165) is 29.8 Å². The number of carbonyl (C=O) groups excluding carboxylic acids is 1. The second-order valence-corrected chi connectivity index (χ2v) is 10.4. The molecule has 42 heavy (non-hydrogen) atoms. The Kier molecular flexibility index (Phi) is 13.0. The summed E-state index contributed by atoms with van der Waals surface area (Å²) < 4.78 is 86.1. The van der Waals surface area contributed by atoms with Crippen LogP contribution in [0, 0.1) is 13.8 Å². The number of halogens is 8. The van der Waals surface area contributed by atoms with Crippen molar-refractivity contribution in [2.75, 3.05) is 59.0 Å². The van der Waals surface area contributed by atoms with Gasteiger partial charge in [0.05, 0.1) is 24.3 Å². The maximum absolute atomic E-state index is 13.5. The number of piperazine rings is 1. The van der Waals surface area contributed by atoms with Gasteiger partial charge in [0.2, 0.25) is 0 Å². The smallest absolute Gasteiger partial charge is 0.379 e. The predicted octanol–water partition coefficient (Wildman–Crippen LogP) is 5.39. The van der Waals surface area contributed by atoms with Crippen LogP contribution < -0.4 is 5.43 Å². The van der Waals surface area contributed by atoms with Crippen molar-refractivity contribution in [2.45, 2.75) is 38.7 Å². The van der Waals surface area contributed by atoms with Crippen LogP contribution in [0.5, 0.6) is 0 Å². The van der Waals surface area contributed by atoms with Crippen molar-refractivity contribution < 1.29 is 35.9 Å². The van der Waals surface area contributed by atoms with Crippen LogP contribution in [-0.4, -0.2) is 85.8 Å². The second kappa shape index (κ2) is 15.1. The Labute approximate surface area is 254 Å². The molecule has 1 atom stereocenters. The molecule has 0 unspecified atom stereocenters. The molecule has 2 aromatic rings. The van der Waals surface area contributed by atoms with Gasteiger partial charge in [0.25, 0.3) is 5.91 Å². The Morgan fingerprint density at radius 1 is 0.881 bits per heavy atom. The van der Waals surface area contributed by atoms with Gasteiger partial charge in [0.1, 0.15) is 0 Å². The van der Waals surface area contributed by atoms with Gasteiger partial charge in [0, 0.05) is 57.4 Å². The molecule has 2 heterocycles. The second-order valence-electron chi connectivity index (χ2n) is 10.4. The zero-order valence-corrected chi connectivity index (χ0v) is 25.0. The normalized spacial score (nSPS) is 18.8. The number of aryl methyl sites for hydroxylation is 2. The Morgan fingerprint density at radius 3 is 2.07 bits per heavy atom. The van der Waals surface area contributed by atoms with Crippen molar-refractivity contribution in [3.8, 4) is 0 Å². The van der Waals surface area contributed by atoms with E-state index in [4.69, 9.17) is 4.74 Å². The van der Waals surface area contributed by atoms with Crippen molar-refractivity contribution in [1.82, 2.24) is 20.2 Å². The van der Waals surface area contributed by atoms with Gasteiger partial charge in [0.15, 0.2) is 0 Å². The van der Waals surface area contributed by atoms with E-state index in [-0.39, 0.29) is 37.4 Å². The van der Waals surface area contributed by atoms with Crippen molar-refractivity contribution in [3.63, 3.8) is 0 Å². The molecule has 0 bridgehead atoms. The highest BCUT2D eigenvalue weighted by Crippen LogP contribution is 2.37.